The van der Waals surface area contributed by atoms with Gasteiger partial charge in [0.2, 0.25) is 0 Å². The summed E-state index contributed by atoms with van der Waals surface area (Å²) in [5.74, 6) is 0. The number of hydrogen-bond donors (Lipinski definition) is 0. The number of nitrogens with zero attached hydrogens (tertiary/aromatic N) is 4. The van der Waals surface area contributed by atoms with Crippen molar-refractivity contribution >= 4 is 49.8 Å². The van der Waals surface area contributed by atoms with E-state index in [0.717, 1.165) is 50.8 Å². The molecule has 3 heterocycles. The Labute approximate surface area is 418 Å². The zero-order valence-corrected chi connectivity index (χ0v) is 39.3. The number of benzene rings is 10. The zero-order chi connectivity index (χ0) is 47.6. The van der Waals surface area contributed by atoms with Crippen LogP contribution in [0.5, 0.6) is 0 Å². The molecule has 4 nitrogen and oxygen atoms in total. The maximum absolute atomic E-state index is 4.67. The second kappa shape index (κ2) is 16.9. The predicted molar refractivity (Wildman–Crippen MR) is 298 cm³/mol. The topological polar surface area (TPSA) is 26.0 Å². The van der Waals surface area contributed by atoms with Crippen LogP contribution < -0.4 is 4.90 Å². The first-order valence-electron chi connectivity index (χ1n) is 24.7. The first-order chi connectivity index (χ1) is 35.7. The minimum atomic E-state index is -0.526. The summed E-state index contributed by atoms with van der Waals surface area (Å²) in [5, 5.41) is 3.64. The Bertz CT molecular complexity index is 4070. The van der Waals surface area contributed by atoms with Gasteiger partial charge in [-0.2, -0.15) is 0 Å². The van der Waals surface area contributed by atoms with Crippen LogP contribution in [0.15, 0.2) is 279 Å². The molecule has 0 saturated heterocycles. The van der Waals surface area contributed by atoms with E-state index in [-0.39, 0.29) is 0 Å². The van der Waals surface area contributed by atoms with Gasteiger partial charge in [0.15, 0.2) is 0 Å². The molecule has 0 aliphatic heterocycles. The van der Waals surface area contributed by atoms with Crippen LogP contribution in [0.2, 0.25) is 0 Å². The average molecular weight is 919 g/mol. The Morgan fingerprint density at radius 3 is 1.64 bits per heavy atom. The van der Waals surface area contributed by atoms with Gasteiger partial charge in [-0.15, -0.1) is 0 Å². The van der Waals surface area contributed by atoms with E-state index in [1.165, 1.54) is 66.1 Å². The van der Waals surface area contributed by atoms with Gasteiger partial charge in [-0.25, -0.2) is 0 Å². The van der Waals surface area contributed by atoms with Crippen molar-refractivity contribution in [3.8, 4) is 44.9 Å². The van der Waals surface area contributed by atoms with E-state index in [1.807, 2.05) is 18.3 Å². The van der Waals surface area contributed by atoms with Crippen molar-refractivity contribution in [3.05, 3.63) is 302 Å². The molecule has 4 heteroatoms. The summed E-state index contributed by atoms with van der Waals surface area (Å²) in [7, 11) is 0. The number of pyridine rings is 1. The van der Waals surface area contributed by atoms with Crippen molar-refractivity contribution in [2.45, 2.75) is 5.41 Å². The lowest BCUT2D eigenvalue weighted by Gasteiger charge is -2.35. The lowest BCUT2D eigenvalue weighted by Crippen LogP contribution is -2.28. The maximum Gasteiger partial charge on any atom is 0.0788 e. The van der Waals surface area contributed by atoms with Crippen molar-refractivity contribution in [2.75, 3.05) is 4.90 Å². The normalized spacial score (nSPS) is 12.6. The van der Waals surface area contributed by atoms with Gasteiger partial charge in [0.05, 0.1) is 27.7 Å². The van der Waals surface area contributed by atoms with Gasteiger partial charge in [-0.05, 0) is 136 Å². The minimum Gasteiger partial charge on any atom is -0.315 e. The van der Waals surface area contributed by atoms with Crippen LogP contribution in [0.1, 0.15) is 22.3 Å². The third-order valence-corrected chi connectivity index (χ3v) is 14.9. The smallest absolute Gasteiger partial charge is 0.0788 e. The highest BCUT2D eigenvalue weighted by molar-refractivity contribution is 6.19. The summed E-state index contributed by atoms with van der Waals surface area (Å²) < 4.78 is 4.77. The van der Waals surface area contributed by atoms with Gasteiger partial charge < -0.3 is 14.0 Å². The van der Waals surface area contributed by atoms with Crippen molar-refractivity contribution < 1.29 is 0 Å². The van der Waals surface area contributed by atoms with Gasteiger partial charge >= 0.3 is 0 Å². The van der Waals surface area contributed by atoms with E-state index in [4.69, 9.17) is 0 Å². The highest BCUT2D eigenvalue weighted by Crippen LogP contribution is 2.57. The summed E-state index contributed by atoms with van der Waals surface area (Å²) in [6.45, 7) is 0. The Morgan fingerprint density at radius 1 is 0.375 bits per heavy atom. The molecule has 0 amide bonds. The number of para-hydroxylation sites is 2. The van der Waals surface area contributed by atoms with E-state index in [2.05, 4.69) is 280 Å². The van der Waals surface area contributed by atoms with Gasteiger partial charge in [0, 0.05) is 62.6 Å². The fourth-order valence-corrected chi connectivity index (χ4v) is 11.7. The number of fused-ring (bicyclic) bond motifs is 8. The van der Waals surface area contributed by atoms with E-state index < -0.39 is 5.41 Å². The minimum absolute atomic E-state index is 0.526. The third-order valence-electron chi connectivity index (χ3n) is 14.9. The number of rotatable bonds is 9. The molecule has 1 aliphatic carbocycles. The molecular weight excluding hydrogens is 873 g/mol. The molecular formula is C68H46N4. The molecule has 14 rings (SSSR count). The second-order valence-electron chi connectivity index (χ2n) is 18.7. The zero-order valence-electron chi connectivity index (χ0n) is 39.3. The highest BCUT2D eigenvalue weighted by atomic mass is 15.1. The Morgan fingerprint density at radius 2 is 0.958 bits per heavy atom. The Hall–Kier alpha value is -9.51. The molecule has 0 fully saturated rings. The average Bonchev–Trinajstić information content (AvgIpc) is 4.14. The van der Waals surface area contributed by atoms with Crippen LogP contribution >= 0.6 is 0 Å². The first kappa shape index (κ1) is 41.5. The quantitative estimate of drug-likeness (QED) is 0.144. The van der Waals surface area contributed by atoms with Crippen LogP contribution in [-0.4, -0.2) is 14.1 Å². The van der Waals surface area contributed by atoms with E-state index in [9.17, 15) is 0 Å². The molecule has 10 aromatic carbocycles. The largest absolute Gasteiger partial charge is 0.315 e. The molecule has 0 unspecified atom stereocenters. The van der Waals surface area contributed by atoms with Crippen molar-refractivity contribution in [3.63, 3.8) is 0 Å². The summed E-state index contributed by atoms with van der Waals surface area (Å²) in [6.07, 6.45) is 4.05. The molecule has 13 aromatic rings. The van der Waals surface area contributed by atoms with E-state index in [1.54, 1.807) is 0 Å². The van der Waals surface area contributed by atoms with Crippen molar-refractivity contribution in [1.82, 2.24) is 14.1 Å². The van der Waals surface area contributed by atoms with Gasteiger partial charge in [0.1, 0.15) is 0 Å². The maximum atomic E-state index is 4.67. The van der Waals surface area contributed by atoms with Gasteiger partial charge in [-0.1, -0.05) is 176 Å². The van der Waals surface area contributed by atoms with E-state index in [0.29, 0.717) is 0 Å². The molecule has 0 saturated carbocycles. The van der Waals surface area contributed by atoms with E-state index >= 15 is 0 Å². The highest BCUT2D eigenvalue weighted by Gasteiger charge is 2.46. The molecule has 72 heavy (non-hydrogen) atoms. The molecule has 0 atom stereocenters. The molecule has 0 radical (unpaired) electrons. The van der Waals surface area contributed by atoms with Crippen LogP contribution in [0, 0.1) is 0 Å². The lowest BCUT2D eigenvalue weighted by atomic mass is 9.67. The van der Waals surface area contributed by atoms with Crippen molar-refractivity contribution in [2.24, 2.45) is 0 Å². The fourth-order valence-electron chi connectivity index (χ4n) is 11.7. The molecule has 1 aliphatic rings. The van der Waals surface area contributed by atoms with Crippen LogP contribution in [0.4, 0.5) is 17.1 Å². The fraction of sp³-hybridized carbons (Fsp3) is 0.0147. The standard InChI is InChI=1S/C68H46N4/c1-5-17-51(18-6-1)68(52-19-7-2-8-20-52)62-26-14-13-25-58(62)59-40-38-57(46-63(59)68)71(56-36-30-48(31-37-56)64-27-15-16-43-69-64)55-34-28-47(29-35-55)50-33-41-65-61(45-50)60-39-32-49-42-44-70(53-21-9-3-10-22-53)66(49)67(60)72(65)54-23-11-4-12-24-54/h1-46H. The third kappa shape index (κ3) is 6.50. The molecule has 0 N–H and O–H groups in total. The van der Waals surface area contributed by atoms with Gasteiger partial charge in [-0.3, -0.25) is 4.98 Å². The molecule has 0 bridgehead atoms. The number of hydrogen-bond acceptors (Lipinski definition) is 2. The summed E-state index contributed by atoms with van der Waals surface area (Å²) in [6, 6.07) is 97.3. The summed E-state index contributed by atoms with van der Waals surface area (Å²) in [5.41, 5.74) is 20.4. The SMILES string of the molecule is c1ccc(-n2ccc3ccc4c5cc(-c6ccc(N(c7ccc(-c8ccccn8)cc7)c7ccc8c(c7)C(c7ccccc7)(c7ccccc7)c7ccccc7-8)cc6)ccc5n(-c5ccccc5)c4c32)cc1. The molecule has 3 aromatic heterocycles. The number of aromatic nitrogens is 3. The predicted octanol–water partition coefficient (Wildman–Crippen LogP) is 17.3. The van der Waals surface area contributed by atoms with Crippen LogP contribution in [0.25, 0.3) is 77.6 Å². The summed E-state index contributed by atoms with van der Waals surface area (Å²) in [4.78, 5) is 7.08. The monoisotopic (exact) mass is 918 g/mol. The van der Waals surface area contributed by atoms with Crippen LogP contribution in [0.3, 0.4) is 0 Å². The Kier molecular flexibility index (Phi) is 9.71. The molecule has 338 valence electrons. The van der Waals surface area contributed by atoms with Gasteiger partial charge in [0.25, 0.3) is 0 Å². The van der Waals surface area contributed by atoms with Crippen LogP contribution in [-0.2, 0) is 5.41 Å². The van der Waals surface area contributed by atoms with Crippen molar-refractivity contribution in [1.29, 1.82) is 0 Å². The summed E-state index contributed by atoms with van der Waals surface area (Å²) >= 11 is 0. The molecule has 0 spiro atoms. The Balaban J connectivity index is 0.928. The second-order valence-corrected chi connectivity index (χ2v) is 18.7. The first-order valence-corrected chi connectivity index (χ1v) is 24.7. The lowest BCUT2D eigenvalue weighted by molar-refractivity contribution is 0.768. The number of anilines is 3.